The minimum atomic E-state index is -0.171. The Morgan fingerprint density at radius 2 is 1.91 bits per heavy atom. The van der Waals surface area contributed by atoms with Gasteiger partial charge in [-0.25, -0.2) is 0 Å². The van der Waals surface area contributed by atoms with E-state index in [9.17, 15) is 9.90 Å². The number of nitrogens with zero attached hydrogens (tertiary/aromatic N) is 1. The Hall–Kier alpha value is -2.79. The molecule has 0 radical (unpaired) electrons. The molecule has 3 aromatic rings. The van der Waals surface area contributed by atoms with E-state index in [4.69, 9.17) is 4.42 Å². The van der Waals surface area contributed by atoms with Crippen LogP contribution in [0, 0.1) is 17.8 Å². The second-order valence-electron chi connectivity index (χ2n) is 11.3. The lowest BCUT2D eigenvalue weighted by Gasteiger charge is -2.40. The summed E-state index contributed by atoms with van der Waals surface area (Å²) >= 11 is 0. The number of carbonyl (C=O) groups excluding carboxylic acids is 1. The number of furan rings is 1. The van der Waals surface area contributed by atoms with Crippen molar-refractivity contribution in [3.63, 3.8) is 0 Å². The molecule has 1 saturated heterocycles. The molecule has 1 aliphatic carbocycles. The van der Waals surface area contributed by atoms with Gasteiger partial charge in [-0.3, -0.25) is 9.69 Å². The van der Waals surface area contributed by atoms with Crippen molar-refractivity contribution in [1.29, 1.82) is 0 Å². The van der Waals surface area contributed by atoms with Crippen LogP contribution in [0.2, 0.25) is 0 Å². The van der Waals surface area contributed by atoms with Crippen LogP contribution in [0.5, 0.6) is 5.75 Å². The van der Waals surface area contributed by atoms with Gasteiger partial charge in [0.25, 0.3) is 5.91 Å². The maximum atomic E-state index is 13.3. The predicted octanol–water partition coefficient (Wildman–Crippen LogP) is 5.78. The molecule has 2 heterocycles. The number of aryl methyl sites for hydroxylation is 1. The second kappa shape index (κ2) is 7.91. The summed E-state index contributed by atoms with van der Waals surface area (Å²) in [6.07, 6.45) is 3.58. The van der Waals surface area contributed by atoms with Crippen molar-refractivity contribution in [2.75, 3.05) is 6.54 Å². The average molecular weight is 447 g/mol. The normalized spacial score (nSPS) is 24.3. The van der Waals surface area contributed by atoms with E-state index in [2.05, 4.69) is 31.0 Å². The number of nitrogens with one attached hydrogen (secondary N) is 1. The monoisotopic (exact) mass is 446 g/mol. The summed E-state index contributed by atoms with van der Waals surface area (Å²) in [4.78, 5) is 15.8. The van der Waals surface area contributed by atoms with Crippen LogP contribution in [0.4, 0.5) is 0 Å². The van der Waals surface area contributed by atoms with Gasteiger partial charge in [0, 0.05) is 36.6 Å². The average Bonchev–Trinajstić information content (AvgIpc) is 3.20. The van der Waals surface area contributed by atoms with E-state index in [0.29, 0.717) is 46.9 Å². The van der Waals surface area contributed by atoms with E-state index in [1.54, 1.807) is 12.1 Å². The molecular formula is C28H34N2O3. The first kappa shape index (κ1) is 22.0. The van der Waals surface area contributed by atoms with Gasteiger partial charge in [-0.05, 0) is 54.7 Å². The summed E-state index contributed by atoms with van der Waals surface area (Å²) in [5.41, 5.74) is 3.65. The van der Waals surface area contributed by atoms with E-state index in [0.717, 1.165) is 29.5 Å². The first-order chi connectivity index (χ1) is 15.6. The molecule has 2 unspecified atom stereocenters. The Morgan fingerprint density at radius 3 is 2.67 bits per heavy atom. The molecule has 5 heteroatoms. The molecule has 5 rings (SSSR count). The Kier molecular flexibility index (Phi) is 5.28. The SMILES string of the molecule is Cc1oc2ccc(O)c(CN3CC4(C)CC3CC(C)(C)C4)c2c1C(=O)NCc1ccccc1. The molecule has 2 bridgehead atoms. The van der Waals surface area contributed by atoms with Gasteiger partial charge in [-0.2, -0.15) is 0 Å². The van der Waals surface area contributed by atoms with Gasteiger partial charge in [0.1, 0.15) is 17.1 Å². The molecule has 0 spiro atoms. The standard InChI is InChI=1S/C28H34N2O3/c1-18-24(26(32)29-14-19-8-6-5-7-9-19)25-21(22(31)10-11-23(25)33-18)15-30-17-28(4)13-20(30)12-27(2,3)16-28/h5-11,20,31H,12-17H2,1-4H3,(H,29,32). The third kappa shape index (κ3) is 4.15. The van der Waals surface area contributed by atoms with E-state index >= 15 is 0 Å². The summed E-state index contributed by atoms with van der Waals surface area (Å²) in [5, 5.41) is 14.7. The smallest absolute Gasteiger partial charge is 0.255 e. The number of rotatable bonds is 5. The molecule has 1 aliphatic heterocycles. The fourth-order valence-corrected chi connectivity index (χ4v) is 6.63. The largest absolute Gasteiger partial charge is 0.508 e. The van der Waals surface area contributed by atoms with Crippen molar-refractivity contribution in [2.24, 2.45) is 10.8 Å². The number of fused-ring (bicyclic) bond motifs is 3. The lowest BCUT2D eigenvalue weighted by Crippen LogP contribution is -2.34. The third-order valence-electron chi connectivity index (χ3n) is 7.52. The molecule has 2 atom stereocenters. The van der Waals surface area contributed by atoms with Gasteiger partial charge in [0.15, 0.2) is 0 Å². The Bertz CT molecular complexity index is 1200. The highest BCUT2D eigenvalue weighted by Crippen LogP contribution is 2.53. The zero-order chi connectivity index (χ0) is 23.4. The number of phenols is 1. The van der Waals surface area contributed by atoms with Crippen molar-refractivity contribution in [3.8, 4) is 5.75 Å². The maximum absolute atomic E-state index is 13.3. The number of carbonyl (C=O) groups is 1. The number of benzene rings is 2. The Morgan fingerprint density at radius 1 is 1.15 bits per heavy atom. The maximum Gasteiger partial charge on any atom is 0.255 e. The van der Waals surface area contributed by atoms with E-state index in [1.165, 1.54) is 12.8 Å². The Balaban J connectivity index is 1.47. The number of hydrogen-bond donors (Lipinski definition) is 2. The number of likely N-dealkylation sites (tertiary alicyclic amines) is 1. The fourth-order valence-electron chi connectivity index (χ4n) is 6.63. The quantitative estimate of drug-likeness (QED) is 0.522. The first-order valence-corrected chi connectivity index (χ1v) is 11.9. The molecule has 1 saturated carbocycles. The molecule has 5 nitrogen and oxygen atoms in total. The molecule has 1 aromatic heterocycles. The lowest BCUT2D eigenvalue weighted by atomic mass is 9.65. The molecule has 1 amide bonds. The van der Waals surface area contributed by atoms with Crippen molar-refractivity contribution in [1.82, 2.24) is 10.2 Å². The fraction of sp³-hybridized carbons (Fsp3) is 0.464. The van der Waals surface area contributed by atoms with Crippen molar-refractivity contribution in [3.05, 3.63) is 64.9 Å². The van der Waals surface area contributed by atoms with E-state index in [1.807, 2.05) is 37.3 Å². The van der Waals surface area contributed by atoms with Gasteiger partial charge in [-0.15, -0.1) is 0 Å². The number of amides is 1. The second-order valence-corrected chi connectivity index (χ2v) is 11.3. The lowest BCUT2D eigenvalue weighted by molar-refractivity contribution is 0.0950. The van der Waals surface area contributed by atoms with Gasteiger partial charge < -0.3 is 14.8 Å². The molecule has 2 aromatic carbocycles. The highest BCUT2D eigenvalue weighted by Gasteiger charge is 2.49. The molecule has 2 fully saturated rings. The summed E-state index contributed by atoms with van der Waals surface area (Å²) in [5.74, 6) is 0.636. The van der Waals surface area contributed by atoms with Crippen LogP contribution in [0.1, 0.15) is 67.3 Å². The van der Waals surface area contributed by atoms with Gasteiger partial charge in [-0.1, -0.05) is 51.1 Å². The van der Waals surface area contributed by atoms with Crippen molar-refractivity contribution >= 4 is 16.9 Å². The molecule has 33 heavy (non-hydrogen) atoms. The van der Waals surface area contributed by atoms with Crippen LogP contribution < -0.4 is 5.32 Å². The van der Waals surface area contributed by atoms with E-state index in [-0.39, 0.29) is 11.7 Å². The summed E-state index contributed by atoms with van der Waals surface area (Å²) in [6, 6.07) is 13.8. The van der Waals surface area contributed by atoms with Crippen molar-refractivity contribution < 1.29 is 14.3 Å². The minimum Gasteiger partial charge on any atom is -0.508 e. The Labute approximate surface area is 195 Å². The topological polar surface area (TPSA) is 65.7 Å². The summed E-state index contributed by atoms with van der Waals surface area (Å²) < 4.78 is 5.98. The van der Waals surface area contributed by atoms with Crippen LogP contribution in [0.15, 0.2) is 46.9 Å². The number of aromatic hydroxyl groups is 1. The number of phenolic OH excluding ortho intramolecular Hbond substituents is 1. The zero-order valence-electron chi connectivity index (χ0n) is 20.1. The predicted molar refractivity (Wildman–Crippen MR) is 130 cm³/mol. The summed E-state index contributed by atoms with van der Waals surface area (Å²) in [7, 11) is 0. The van der Waals surface area contributed by atoms with Crippen molar-refractivity contribution in [2.45, 2.75) is 66.1 Å². The zero-order valence-corrected chi connectivity index (χ0v) is 20.1. The molecule has 2 aliphatic rings. The van der Waals surface area contributed by atoms with E-state index < -0.39 is 0 Å². The van der Waals surface area contributed by atoms with Crippen LogP contribution >= 0.6 is 0 Å². The molecule has 2 N–H and O–H groups in total. The molecule has 174 valence electrons. The molecular weight excluding hydrogens is 412 g/mol. The third-order valence-corrected chi connectivity index (χ3v) is 7.52. The van der Waals surface area contributed by atoms with Crippen LogP contribution in [-0.4, -0.2) is 28.5 Å². The van der Waals surface area contributed by atoms with Crippen LogP contribution in [-0.2, 0) is 13.1 Å². The number of hydrogen-bond acceptors (Lipinski definition) is 4. The summed E-state index contributed by atoms with van der Waals surface area (Å²) in [6.45, 7) is 11.0. The van der Waals surface area contributed by atoms with Crippen LogP contribution in [0.3, 0.4) is 0 Å². The first-order valence-electron chi connectivity index (χ1n) is 11.9. The van der Waals surface area contributed by atoms with Gasteiger partial charge >= 0.3 is 0 Å². The van der Waals surface area contributed by atoms with Gasteiger partial charge in [0.2, 0.25) is 0 Å². The van der Waals surface area contributed by atoms with Crippen LogP contribution in [0.25, 0.3) is 11.0 Å². The van der Waals surface area contributed by atoms with Gasteiger partial charge in [0.05, 0.1) is 5.56 Å². The highest BCUT2D eigenvalue weighted by atomic mass is 16.3. The highest BCUT2D eigenvalue weighted by molar-refractivity contribution is 6.08. The minimum absolute atomic E-state index is 0.171.